The molecule has 0 aromatic heterocycles. The maximum atomic E-state index is 10.9. The SMILES string of the molecule is CC(=O)OCC1(C)C=Cc2cc(C(=O)O)ccc2O1. The highest BCUT2D eigenvalue weighted by Crippen LogP contribution is 2.31. The van der Waals surface area contributed by atoms with Crippen LogP contribution in [0.5, 0.6) is 5.75 Å². The Labute approximate surface area is 110 Å². The van der Waals surface area contributed by atoms with Crippen molar-refractivity contribution in [3.8, 4) is 5.75 Å². The molecule has 1 aromatic rings. The average molecular weight is 262 g/mol. The molecule has 1 heterocycles. The molecule has 0 fully saturated rings. The highest BCUT2D eigenvalue weighted by Gasteiger charge is 2.29. The standard InChI is InChI=1S/C14H14O5/c1-9(15)18-8-14(2)6-5-10-7-11(13(16)17)3-4-12(10)19-14/h3-7H,8H2,1-2H3,(H,16,17). The fourth-order valence-corrected chi connectivity index (χ4v) is 1.78. The topological polar surface area (TPSA) is 72.8 Å². The molecule has 0 aliphatic carbocycles. The molecule has 0 radical (unpaired) electrons. The number of carboxylic acid groups (broad SMARTS) is 1. The van der Waals surface area contributed by atoms with Crippen LogP contribution in [0.1, 0.15) is 29.8 Å². The second-order valence-corrected chi connectivity index (χ2v) is 4.59. The maximum Gasteiger partial charge on any atom is 0.335 e. The number of esters is 1. The van der Waals surface area contributed by atoms with Crippen LogP contribution in [0.25, 0.3) is 6.08 Å². The molecule has 0 bridgehead atoms. The number of aromatic carboxylic acids is 1. The molecular weight excluding hydrogens is 248 g/mol. The Morgan fingerprint density at radius 2 is 2.16 bits per heavy atom. The number of carboxylic acids is 1. The number of benzene rings is 1. The van der Waals surface area contributed by atoms with Crippen molar-refractivity contribution >= 4 is 18.0 Å². The molecule has 0 saturated carbocycles. The van der Waals surface area contributed by atoms with E-state index in [-0.39, 0.29) is 18.1 Å². The first-order valence-electron chi connectivity index (χ1n) is 5.79. The summed E-state index contributed by atoms with van der Waals surface area (Å²) in [6.07, 6.45) is 3.53. The minimum Gasteiger partial charge on any atom is -0.479 e. The van der Waals surface area contributed by atoms with Crippen molar-refractivity contribution in [1.29, 1.82) is 0 Å². The lowest BCUT2D eigenvalue weighted by molar-refractivity contribution is -0.145. The highest BCUT2D eigenvalue weighted by molar-refractivity contribution is 5.89. The van der Waals surface area contributed by atoms with E-state index in [4.69, 9.17) is 14.6 Å². The van der Waals surface area contributed by atoms with E-state index in [1.165, 1.54) is 13.0 Å². The van der Waals surface area contributed by atoms with Gasteiger partial charge in [-0.2, -0.15) is 0 Å². The molecule has 1 aliphatic rings. The Kier molecular flexibility index (Phi) is 3.29. The fourth-order valence-electron chi connectivity index (χ4n) is 1.78. The van der Waals surface area contributed by atoms with Gasteiger partial charge >= 0.3 is 11.9 Å². The molecule has 100 valence electrons. The van der Waals surface area contributed by atoms with Gasteiger partial charge in [-0.25, -0.2) is 4.79 Å². The Morgan fingerprint density at radius 1 is 1.42 bits per heavy atom. The maximum absolute atomic E-state index is 10.9. The monoisotopic (exact) mass is 262 g/mol. The molecule has 0 spiro atoms. The number of rotatable bonds is 3. The highest BCUT2D eigenvalue weighted by atomic mass is 16.6. The molecule has 0 amide bonds. The van der Waals surface area contributed by atoms with Crippen LogP contribution in [0.15, 0.2) is 24.3 Å². The van der Waals surface area contributed by atoms with Crippen molar-refractivity contribution in [3.63, 3.8) is 0 Å². The summed E-state index contributed by atoms with van der Waals surface area (Å²) in [5.74, 6) is -0.781. The van der Waals surface area contributed by atoms with Crippen molar-refractivity contribution in [2.24, 2.45) is 0 Å². The molecule has 19 heavy (non-hydrogen) atoms. The summed E-state index contributed by atoms with van der Waals surface area (Å²) in [6, 6.07) is 4.63. The van der Waals surface area contributed by atoms with E-state index < -0.39 is 11.6 Å². The Bertz CT molecular complexity index is 561. The molecule has 1 aromatic carbocycles. The lowest BCUT2D eigenvalue weighted by Crippen LogP contribution is -2.37. The molecule has 1 aliphatic heterocycles. The first-order chi connectivity index (χ1) is 8.89. The molecule has 2 rings (SSSR count). The zero-order chi connectivity index (χ0) is 14.0. The molecule has 1 atom stereocenters. The van der Waals surface area contributed by atoms with Crippen molar-refractivity contribution in [2.45, 2.75) is 19.4 Å². The minimum absolute atomic E-state index is 0.110. The lowest BCUT2D eigenvalue weighted by atomic mass is 10.00. The summed E-state index contributed by atoms with van der Waals surface area (Å²) in [5, 5.41) is 8.91. The molecule has 5 nitrogen and oxygen atoms in total. The van der Waals surface area contributed by atoms with Crippen LogP contribution in [0.3, 0.4) is 0 Å². The molecule has 0 saturated heterocycles. The minimum atomic E-state index is -0.982. The van der Waals surface area contributed by atoms with E-state index in [1.54, 1.807) is 31.2 Å². The molecule has 1 N–H and O–H groups in total. The molecule has 5 heteroatoms. The zero-order valence-electron chi connectivity index (χ0n) is 10.7. The van der Waals surface area contributed by atoms with Gasteiger partial charge in [-0.15, -0.1) is 0 Å². The van der Waals surface area contributed by atoms with E-state index >= 15 is 0 Å². The number of hydrogen-bond donors (Lipinski definition) is 1. The lowest BCUT2D eigenvalue weighted by Gasteiger charge is -2.31. The third-order valence-electron chi connectivity index (χ3n) is 2.78. The van der Waals surface area contributed by atoms with Gasteiger partial charge in [0.2, 0.25) is 0 Å². The number of ether oxygens (including phenoxy) is 2. The van der Waals surface area contributed by atoms with Crippen LogP contribution in [0.4, 0.5) is 0 Å². The van der Waals surface area contributed by atoms with E-state index in [1.807, 2.05) is 0 Å². The number of carbonyl (C=O) groups excluding carboxylic acids is 1. The average Bonchev–Trinajstić information content (AvgIpc) is 2.36. The van der Waals surface area contributed by atoms with Gasteiger partial charge in [0.25, 0.3) is 0 Å². The van der Waals surface area contributed by atoms with Crippen molar-refractivity contribution in [3.05, 3.63) is 35.4 Å². The van der Waals surface area contributed by atoms with Gasteiger partial charge in [0.1, 0.15) is 12.4 Å². The van der Waals surface area contributed by atoms with Crippen LogP contribution in [-0.4, -0.2) is 29.3 Å². The zero-order valence-corrected chi connectivity index (χ0v) is 10.7. The first kappa shape index (κ1) is 13.1. The molecule has 1 unspecified atom stereocenters. The summed E-state index contributed by atoms with van der Waals surface area (Å²) < 4.78 is 10.7. The third kappa shape index (κ3) is 2.93. The van der Waals surface area contributed by atoms with Gasteiger partial charge in [0, 0.05) is 12.5 Å². The van der Waals surface area contributed by atoms with Gasteiger partial charge in [0.05, 0.1) is 5.56 Å². The largest absolute Gasteiger partial charge is 0.479 e. The van der Waals surface area contributed by atoms with Gasteiger partial charge in [-0.1, -0.05) is 6.08 Å². The van der Waals surface area contributed by atoms with Crippen molar-refractivity contribution < 1.29 is 24.2 Å². The Hall–Kier alpha value is -2.30. The van der Waals surface area contributed by atoms with Crippen LogP contribution < -0.4 is 4.74 Å². The normalized spacial score (nSPS) is 20.3. The van der Waals surface area contributed by atoms with Crippen LogP contribution in [-0.2, 0) is 9.53 Å². The number of fused-ring (bicyclic) bond motifs is 1. The quantitative estimate of drug-likeness (QED) is 0.844. The van der Waals surface area contributed by atoms with Gasteiger partial charge < -0.3 is 14.6 Å². The second-order valence-electron chi connectivity index (χ2n) is 4.59. The van der Waals surface area contributed by atoms with E-state index in [9.17, 15) is 9.59 Å². The van der Waals surface area contributed by atoms with Crippen LogP contribution in [0, 0.1) is 0 Å². The summed E-state index contributed by atoms with van der Waals surface area (Å²) in [4.78, 5) is 21.7. The second kappa shape index (κ2) is 4.76. The summed E-state index contributed by atoms with van der Waals surface area (Å²) in [5.41, 5.74) is 0.166. The summed E-state index contributed by atoms with van der Waals surface area (Å²) in [7, 11) is 0. The smallest absolute Gasteiger partial charge is 0.335 e. The van der Waals surface area contributed by atoms with E-state index in [0.29, 0.717) is 11.3 Å². The Balaban J connectivity index is 2.22. The van der Waals surface area contributed by atoms with Gasteiger partial charge in [0.15, 0.2) is 5.60 Å². The van der Waals surface area contributed by atoms with Gasteiger partial charge in [-0.05, 0) is 31.2 Å². The Morgan fingerprint density at radius 3 is 2.79 bits per heavy atom. The van der Waals surface area contributed by atoms with Crippen molar-refractivity contribution in [1.82, 2.24) is 0 Å². The molecular formula is C14H14O5. The fraction of sp³-hybridized carbons (Fsp3) is 0.286. The van der Waals surface area contributed by atoms with Crippen molar-refractivity contribution in [2.75, 3.05) is 6.61 Å². The first-order valence-corrected chi connectivity index (χ1v) is 5.79. The summed E-state index contributed by atoms with van der Waals surface area (Å²) in [6.45, 7) is 3.24. The van der Waals surface area contributed by atoms with Gasteiger partial charge in [-0.3, -0.25) is 4.79 Å². The number of carbonyl (C=O) groups is 2. The third-order valence-corrected chi connectivity index (χ3v) is 2.78. The van der Waals surface area contributed by atoms with Crippen LogP contribution in [0.2, 0.25) is 0 Å². The van der Waals surface area contributed by atoms with Crippen LogP contribution >= 0.6 is 0 Å². The van der Waals surface area contributed by atoms with E-state index in [0.717, 1.165) is 0 Å². The predicted molar refractivity (Wildman–Crippen MR) is 68.1 cm³/mol. The van der Waals surface area contributed by atoms with E-state index in [2.05, 4.69) is 0 Å². The summed E-state index contributed by atoms with van der Waals surface area (Å²) >= 11 is 0. The number of hydrogen-bond acceptors (Lipinski definition) is 4. The predicted octanol–water partition coefficient (Wildman–Crippen LogP) is 2.11.